The fraction of sp³-hybridized carbons (Fsp3) is 0.636. The lowest BCUT2D eigenvalue weighted by atomic mass is 9.93. The third kappa shape index (κ3) is 4.39. The van der Waals surface area contributed by atoms with E-state index in [0.717, 1.165) is 76.9 Å². The standard InChI is InChI=1S/C22H32N4O2/c27-21(19-10-4-12-23-19)24-15-17-7-5-13-25(16-17)20-11-6-14-26(22(20)28)18-8-2-1-3-9-18/h1-3,8-9,17,19-20,23H,4-7,10-16H2,(H,24,27). The number of carbonyl (C=O) groups is 2. The molecule has 0 bridgehead atoms. The molecule has 0 aromatic heterocycles. The molecule has 3 unspecified atom stereocenters. The molecule has 3 heterocycles. The molecule has 4 rings (SSSR count). The molecule has 6 heteroatoms. The molecule has 152 valence electrons. The minimum Gasteiger partial charge on any atom is -0.354 e. The summed E-state index contributed by atoms with van der Waals surface area (Å²) in [5.74, 6) is 0.801. The van der Waals surface area contributed by atoms with Crippen LogP contribution in [0.5, 0.6) is 0 Å². The van der Waals surface area contributed by atoms with E-state index in [2.05, 4.69) is 15.5 Å². The number of likely N-dealkylation sites (tertiary alicyclic amines) is 1. The number of para-hydroxylation sites is 1. The van der Waals surface area contributed by atoms with E-state index >= 15 is 0 Å². The van der Waals surface area contributed by atoms with Gasteiger partial charge in [-0.1, -0.05) is 18.2 Å². The predicted octanol–water partition coefficient (Wildman–Crippen LogP) is 1.76. The second-order valence-corrected chi connectivity index (χ2v) is 8.38. The summed E-state index contributed by atoms with van der Waals surface area (Å²) in [4.78, 5) is 29.8. The van der Waals surface area contributed by atoms with Crippen LogP contribution < -0.4 is 15.5 Å². The number of piperidine rings is 2. The summed E-state index contributed by atoms with van der Waals surface area (Å²) < 4.78 is 0. The van der Waals surface area contributed by atoms with E-state index in [1.807, 2.05) is 35.2 Å². The maximum atomic E-state index is 13.2. The van der Waals surface area contributed by atoms with Gasteiger partial charge in [-0.15, -0.1) is 0 Å². The highest BCUT2D eigenvalue weighted by Crippen LogP contribution is 2.27. The van der Waals surface area contributed by atoms with Gasteiger partial charge < -0.3 is 15.5 Å². The monoisotopic (exact) mass is 384 g/mol. The molecule has 2 amide bonds. The molecule has 2 N–H and O–H groups in total. The topological polar surface area (TPSA) is 64.7 Å². The SMILES string of the molecule is O=C(NCC1CCCN(C2CCCN(c3ccccc3)C2=O)C1)C1CCCN1. The highest BCUT2D eigenvalue weighted by molar-refractivity contribution is 5.97. The Hall–Kier alpha value is -1.92. The first-order chi connectivity index (χ1) is 13.7. The Morgan fingerprint density at radius 2 is 1.89 bits per heavy atom. The Balaban J connectivity index is 1.33. The van der Waals surface area contributed by atoms with Gasteiger partial charge in [0.15, 0.2) is 0 Å². The van der Waals surface area contributed by atoms with Crippen LogP contribution in [0.3, 0.4) is 0 Å². The molecular weight excluding hydrogens is 352 g/mol. The van der Waals surface area contributed by atoms with Crippen molar-refractivity contribution in [2.24, 2.45) is 5.92 Å². The number of carbonyl (C=O) groups excluding carboxylic acids is 2. The van der Waals surface area contributed by atoms with E-state index in [-0.39, 0.29) is 23.9 Å². The van der Waals surface area contributed by atoms with Gasteiger partial charge in [0.1, 0.15) is 0 Å². The minimum absolute atomic E-state index is 0.0148. The Bertz CT molecular complexity index is 674. The van der Waals surface area contributed by atoms with Gasteiger partial charge >= 0.3 is 0 Å². The van der Waals surface area contributed by atoms with Crippen molar-refractivity contribution >= 4 is 17.5 Å². The Labute approximate surface area is 167 Å². The average Bonchev–Trinajstić information content (AvgIpc) is 3.28. The average molecular weight is 385 g/mol. The summed E-state index contributed by atoms with van der Waals surface area (Å²) in [6.45, 7) is 4.35. The zero-order valence-electron chi connectivity index (χ0n) is 16.6. The van der Waals surface area contributed by atoms with Crippen molar-refractivity contribution in [3.63, 3.8) is 0 Å². The molecule has 1 aromatic rings. The highest BCUT2D eigenvalue weighted by atomic mass is 16.2. The van der Waals surface area contributed by atoms with E-state index in [1.54, 1.807) is 0 Å². The zero-order valence-corrected chi connectivity index (χ0v) is 16.6. The van der Waals surface area contributed by atoms with Crippen LogP contribution in [0.1, 0.15) is 38.5 Å². The molecule has 3 saturated heterocycles. The van der Waals surface area contributed by atoms with Crippen molar-refractivity contribution in [1.82, 2.24) is 15.5 Å². The molecule has 3 atom stereocenters. The third-order valence-electron chi connectivity index (χ3n) is 6.41. The Morgan fingerprint density at radius 3 is 2.68 bits per heavy atom. The van der Waals surface area contributed by atoms with Gasteiger partial charge in [-0.25, -0.2) is 0 Å². The molecule has 0 aliphatic carbocycles. The first-order valence-corrected chi connectivity index (χ1v) is 10.8. The molecular formula is C22H32N4O2. The lowest BCUT2D eigenvalue weighted by Crippen LogP contribution is -2.55. The van der Waals surface area contributed by atoms with Gasteiger partial charge in [0.25, 0.3) is 0 Å². The van der Waals surface area contributed by atoms with Crippen LogP contribution >= 0.6 is 0 Å². The first-order valence-electron chi connectivity index (χ1n) is 10.8. The van der Waals surface area contributed by atoms with E-state index in [0.29, 0.717) is 5.92 Å². The summed E-state index contributed by atoms with van der Waals surface area (Å²) in [5, 5.41) is 6.40. The van der Waals surface area contributed by atoms with Crippen molar-refractivity contribution in [2.45, 2.75) is 50.6 Å². The van der Waals surface area contributed by atoms with Crippen molar-refractivity contribution in [2.75, 3.05) is 37.6 Å². The largest absolute Gasteiger partial charge is 0.354 e. The molecule has 1 aromatic carbocycles. The molecule has 0 saturated carbocycles. The quantitative estimate of drug-likeness (QED) is 0.812. The first kappa shape index (κ1) is 19.4. The summed E-state index contributed by atoms with van der Waals surface area (Å²) in [6, 6.07) is 9.97. The zero-order chi connectivity index (χ0) is 19.3. The molecule has 0 spiro atoms. The van der Waals surface area contributed by atoms with E-state index in [9.17, 15) is 9.59 Å². The number of anilines is 1. The number of rotatable bonds is 5. The molecule has 6 nitrogen and oxygen atoms in total. The van der Waals surface area contributed by atoms with Crippen molar-refractivity contribution in [3.8, 4) is 0 Å². The Morgan fingerprint density at radius 1 is 1.07 bits per heavy atom. The number of nitrogens with one attached hydrogen (secondary N) is 2. The smallest absolute Gasteiger partial charge is 0.244 e. The molecule has 3 fully saturated rings. The minimum atomic E-state index is -0.0241. The Kier molecular flexibility index (Phi) is 6.27. The number of benzene rings is 1. The second-order valence-electron chi connectivity index (χ2n) is 8.38. The van der Waals surface area contributed by atoms with Gasteiger partial charge in [0.2, 0.25) is 11.8 Å². The lowest BCUT2D eigenvalue weighted by molar-refractivity contribution is -0.127. The molecule has 28 heavy (non-hydrogen) atoms. The summed E-state index contributed by atoms with van der Waals surface area (Å²) in [7, 11) is 0. The van der Waals surface area contributed by atoms with Crippen LogP contribution in [-0.4, -0.2) is 61.5 Å². The van der Waals surface area contributed by atoms with Crippen LogP contribution in [-0.2, 0) is 9.59 Å². The van der Waals surface area contributed by atoms with Crippen molar-refractivity contribution < 1.29 is 9.59 Å². The predicted molar refractivity (Wildman–Crippen MR) is 110 cm³/mol. The second kappa shape index (κ2) is 9.05. The summed E-state index contributed by atoms with van der Waals surface area (Å²) >= 11 is 0. The van der Waals surface area contributed by atoms with Crippen LogP contribution in [0.15, 0.2) is 30.3 Å². The fourth-order valence-corrected chi connectivity index (χ4v) is 4.88. The van der Waals surface area contributed by atoms with E-state index in [1.165, 1.54) is 0 Å². The highest BCUT2D eigenvalue weighted by Gasteiger charge is 2.36. The van der Waals surface area contributed by atoms with Crippen LogP contribution in [0.2, 0.25) is 0 Å². The third-order valence-corrected chi connectivity index (χ3v) is 6.41. The number of hydrogen-bond acceptors (Lipinski definition) is 4. The summed E-state index contributed by atoms with van der Waals surface area (Å²) in [6.07, 6.45) is 6.21. The van der Waals surface area contributed by atoms with Crippen molar-refractivity contribution in [1.29, 1.82) is 0 Å². The molecule has 0 radical (unpaired) electrons. The van der Waals surface area contributed by atoms with Gasteiger partial charge in [0.05, 0.1) is 12.1 Å². The molecule has 3 aliphatic heterocycles. The van der Waals surface area contributed by atoms with Crippen LogP contribution in [0, 0.1) is 5.92 Å². The van der Waals surface area contributed by atoms with Crippen LogP contribution in [0.25, 0.3) is 0 Å². The van der Waals surface area contributed by atoms with E-state index < -0.39 is 0 Å². The van der Waals surface area contributed by atoms with E-state index in [4.69, 9.17) is 0 Å². The normalized spacial score (nSPS) is 29.1. The fourth-order valence-electron chi connectivity index (χ4n) is 4.88. The number of amides is 2. The van der Waals surface area contributed by atoms with Gasteiger partial charge in [-0.3, -0.25) is 14.5 Å². The van der Waals surface area contributed by atoms with Gasteiger partial charge in [0, 0.05) is 25.3 Å². The van der Waals surface area contributed by atoms with Crippen LogP contribution in [0.4, 0.5) is 5.69 Å². The van der Waals surface area contributed by atoms with Gasteiger partial charge in [-0.2, -0.15) is 0 Å². The molecule has 3 aliphatic rings. The maximum Gasteiger partial charge on any atom is 0.244 e. The number of nitrogens with zero attached hydrogens (tertiary/aromatic N) is 2. The maximum absolute atomic E-state index is 13.2. The van der Waals surface area contributed by atoms with Crippen molar-refractivity contribution in [3.05, 3.63) is 30.3 Å². The number of hydrogen-bond donors (Lipinski definition) is 2. The van der Waals surface area contributed by atoms with Gasteiger partial charge in [-0.05, 0) is 69.7 Å². The lowest BCUT2D eigenvalue weighted by Gasteiger charge is -2.42. The summed E-state index contributed by atoms with van der Waals surface area (Å²) in [5.41, 5.74) is 1.00.